The van der Waals surface area contributed by atoms with Crippen LogP contribution < -0.4 is 5.32 Å². The van der Waals surface area contributed by atoms with Crippen LogP contribution >= 0.6 is 0 Å². The second-order valence-corrected chi connectivity index (χ2v) is 5.56. The highest BCUT2D eigenvalue weighted by molar-refractivity contribution is 6.06. The molecule has 6 heteroatoms. The normalized spacial score (nSPS) is 17.1. The van der Waals surface area contributed by atoms with E-state index in [0.717, 1.165) is 11.3 Å². The van der Waals surface area contributed by atoms with Gasteiger partial charge in [-0.2, -0.15) is 5.10 Å². The van der Waals surface area contributed by atoms with Gasteiger partial charge in [0.1, 0.15) is 5.54 Å². The maximum atomic E-state index is 12.1. The van der Waals surface area contributed by atoms with Crippen molar-refractivity contribution in [3.8, 4) is 5.69 Å². The monoisotopic (exact) mass is 284 g/mol. The number of benzene rings is 1. The van der Waals surface area contributed by atoms with Crippen molar-refractivity contribution in [2.75, 3.05) is 0 Å². The van der Waals surface area contributed by atoms with E-state index in [1.807, 2.05) is 36.5 Å². The number of hydrogen-bond acceptors (Lipinski definition) is 3. The number of aromatic nitrogens is 2. The number of nitrogens with one attached hydrogen (secondary N) is 1. The third-order valence-electron chi connectivity index (χ3n) is 3.49. The van der Waals surface area contributed by atoms with Gasteiger partial charge in [0.15, 0.2) is 0 Å². The molecular formula is C15H16N4O2. The Morgan fingerprint density at radius 1 is 1.19 bits per heavy atom. The van der Waals surface area contributed by atoms with Gasteiger partial charge in [0.2, 0.25) is 0 Å². The van der Waals surface area contributed by atoms with Crippen molar-refractivity contribution in [2.24, 2.45) is 0 Å². The number of nitrogens with zero attached hydrogens (tertiary/aromatic N) is 3. The van der Waals surface area contributed by atoms with Crippen LogP contribution in [0.4, 0.5) is 4.79 Å². The van der Waals surface area contributed by atoms with Crippen molar-refractivity contribution < 1.29 is 9.59 Å². The zero-order valence-electron chi connectivity index (χ0n) is 11.9. The van der Waals surface area contributed by atoms with E-state index in [-0.39, 0.29) is 18.5 Å². The third kappa shape index (κ3) is 2.40. The summed E-state index contributed by atoms with van der Waals surface area (Å²) in [5.74, 6) is -0.205. The first-order valence-electron chi connectivity index (χ1n) is 6.70. The molecule has 0 radical (unpaired) electrons. The average molecular weight is 284 g/mol. The molecule has 1 aliphatic rings. The molecule has 2 aromatic rings. The van der Waals surface area contributed by atoms with Gasteiger partial charge >= 0.3 is 6.03 Å². The summed E-state index contributed by atoms with van der Waals surface area (Å²) in [5.41, 5.74) is 1.000. The summed E-state index contributed by atoms with van der Waals surface area (Å²) in [4.78, 5) is 25.2. The van der Waals surface area contributed by atoms with Crippen LogP contribution in [-0.2, 0) is 11.3 Å². The molecule has 0 spiro atoms. The maximum absolute atomic E-state index is 12.1. The predicted molar refractivity (Wildman–Crippen MR) is 76.7 cm³/mol. The molecule has 1 aromatic carbocycles. The highest BCUT2D eigenvalue weighted by Gasteiger charge is 2.43. The van der Waals surface area contributed by atoms with Gasteiger partial charge in [0, 0.05) is 12.4 Å². The van der Waals surface area contributed by atoms with Crippen LogP contribution in [0, 0.1) is 0 Å². The molecule has 6 nitrogen and oxygen atoms in total. The molecule has 3 amide bonds. The Morgan fingerprint density at radius 2 is 1.90 bits per heavy atom. The van der Waals surface area contributed by atoms with E-state index >= 15 is 0 Å². The largest absolute Gasteiger partial charge is 0.325 e. The van der Waals surface area contributed by atoms with Gasteiger partial charge in [-0.05, 0) is 37.6 Å². The van der Waals surface area contributed by atoms with Gasteiger partial charge in [0.05, 0.1) is 12.2 Å². The van der Waals surface area contributed by atoms with Crippen LogP contribution in [0.1, 0.15) is 19.4 Å². The highest BCUT2D eigenvalue weighted by Crippen LogP contribution is 2.19. The minimum Gasteiger partial charge on any atom is -0.324 e. The smallest absolute Gasteiger partial charge is 0.324 e. The zero-order valence-corrected chi connectivity index (χ0v) is 11.9. The van der Waals surface area contributed by atoms with E-state index in [1.54, 1.807) is 24.7 Å². The fourth-order valence-corrected chi connectivity index (χ4v) is 2.32. The zero-order chi connectivity index (χ0) is 15.0. The van der Waals surface area contributed by atoms with Crippen LogP contribution in [-0.4, -0.2) is 32.2 Å². The molecule has 1 aliphatic heterocycles. The van der Waals surface area contributed by atoms with E-state index in [1.165, 1.54) is 4.90 Å². The summed E-state index contributed by atoms with van der Waals surface area (Å²) in [6.45, 7) is 3.68. The molecule has 1 aromatic heterocycles. The van der Waals surface area contributed by atoms with Crippen molar-refractivity contribution >= 4 is 11.9 Å². The number of carbonyl (C=O) groups is 2. The van der Waals surface area contributed by atoms with Gasteiger partial charge in [-0.1, -0.05) is 12.1 Å². The summed E-state index contributed by atoms with van der Waals surface area (Å²) >= 11 is 0. The summed E-state index contributed by atoms with van der Waals surface area (Å²) in [7, 11) is 0. The molecule has 21 heavy (non-hydrogen) atoms. The molecule has 108 valence electrons. The molecule has 0 aliphatic carbocycles. The Bertz CT molecular complexity index is 674. The summed E-state index contributed by atoms with van der Waals surface area (Å²) in [5, 5.41) is 6.82. The van der Waals surface area contributed by atoms with Crippen molar-refractivity contribution in [1.82, 2.24) is 20.0 Å². The van der Waals surface area contributed by atoms with Crippen molar-refractivity contribution in [3.05, 3.63) is 48.3 Å². The molecule has 0 bridgehead atoms. The van der Waals surface area contributed by atoms with E-state index in [0.29, 0.717) is 0 Å². The number of urea groups is 1. The van der Waals surface area contributed by atoms with Crippen molar-refractivity contribution in [2.45, 2.75) is 25.9 Å². The Balaban J connectivity index is 1.77. The van der Waals surface area contributed by atoms with E-state index in [2.05, 4.69) is 10.4 Å². The lowest BCUT2D eigenvalue weighted by molar-refractivity contribution is -0.130. The summed E-state index contributed by atoms with van der Waals surface area (Å²) in [6.07, 6.45) is 3.57. The lowest BCUT2D eigenvalue weighted by Gasteiger charge is -2.16. The molecule has 0 unspecified atom stereocenters. The molecule has 0 atom stereocenters. The first-order valence-corrected chi connectivity index (χ1v) is 6.70. The second kappa shape index (κ2) is 4.73. The Kier molecular flexibility index (Phi) is 3.01. The number of imide groups is 1. The van der Waals surface area contributed by atoms with Gasteiger partial charge in [0.25, 0.3) is 5.91 Å². The van der Waals surface area contributed by atoms with Crippen molar-refractivity contribution in [3.63, 3.8) is 0 Å². The Labute approximate surface area is 122 Å². The number of rotatable bonds is 3. The standard InChI is InChI=1S/C15H16N4O2/c1-15(2)13(20)18(14(21)17-15)10-11-4-6-12(7-5-11)19-9-3-8-16-19/h3-9H,10H2,1-2H3,(H,17,21). The lowest BCUT2D eigenvalue weighted by Crippen LogP contribution is -2.40. The molecular weight excluding hydrogens is 268 g/mol. The third-order valence-corrected chi connectivity index (χ3v) is 3.49. The van der Waals surface area contributed by atoms with Crippen LogP contribution in [0.5, 0.6) is 0 Å². The van der Waals surface area contributed by atoms with E-state index in [9.17, 15) is 9.59 Å². The second-order valence-electron chi connectivity index (χ2n) is 5.56. The topological polar surface area (TPSA) is 67.2 Å². The molecule has 1 N–H and O–H groups in total. The van der Waals surface area contributed by atoms with Gasteiger partial charge in [-0.15, -0.1) is 0 Å². The predicted octanol–water partition coefficient (Wildman–Crippen LogP) is 1.70. The fourth-order valence-electron chi connectivity index (χ4n) is 2.32. The maximum Gasteiger partial charge on any atom is 0.325 e. The van der Waals surface area contributed by atoms with E-state index < -0.39 is 5.54 Å². The van der Waals surface area contributed by atoms with Crippen LogP contribution in [0.2, 0.25) is 0 Å². The fraction of sp³-hybridized carbons (Fsp3) is 0.267. The molecule has 3 rings (SSSR count). The van der Waals surface area contributed by atoms with Crippen LogP contribution in [0.15, 0.2) is 42.7 Å². The Hall–Kier alpha value is -2.63. The number of hydrogen-bond donors (Lipinski definition) is 1. The number of carbonyl (C=O) groups excluding carboxylic acids is 2. The van der Waals surface area contributed by atoms with Crippen LogP contribution in [0.25, 0.3) is 5.69 Å². The minimum absolute atomic E-state index is 0.205. The quantitative estimate of drug-likeness (QED) is 0.872. The van der Waals surface area contributed by atoms with Gasteiger partial charge in [-0.3, -0.25) is 9.69 Å². The SMILES string of the molecule is CC1(C)NC(=O)N(Cc2ccc(-n3cccn3)cc2)C1=O. The molecule has 0 saturated carbocycles. The van der Waals surface area contributed by atoms with Crippen LogP contribution in [0.3, 0.4) is 0 Å². The van der Waals surface area contributed by atoms with Gasteiger partial charge in [-0.25, -0.2) is 9.48 Å². The number of amides is 3. The first kappa shape index (κ1) is 13.4. The molecule has 1 fully saturated rings. The lowest BCUT2D eigenvalue weighted by atomic mass is 10.1. The summed E-state index contributed by atoms with van der Waals surface area (Å²) in [6, 6.07) is 9.11. The highest BCUT2D eigenvalue weighted by atomic mass is 16.2. The Morgan fingerprint density at radius 3 is 2.43 bits per heavy atom. The van der Waals surface area contributed by atoms with E-state index in [4.69, 9.17) is 0 Å². The summed E-state index contributed by atoms with van der Waals surface area (Å²) < 4.78 is 1.75. The first-order chi connectivity index (χ1) is 9.97. The van der Waals surface area contributed by atoms with Crippen molar-refractivity contribution in [1.29, 1.82) is 0 Å². The van der Waals surface area contributed by atoms with Gasteiger partial charge < -0.3 is 5.32 Å². The average Bonchev–Trinajstić information content (AvgIpc) is 3.03. The molecule has 2 heterocycles. The minimum atomic E-state index is -0.827. The molecule has 1 saturated heterocycles.